The highest BCUT2D eigenvalue weighted by atomic mass is 15.2. The molecule has 0 bridgehead atoms. The summed E-state index contributed by atoms with van der Waals surface area (Å²) < 4.78 is 0. The van der Waals surface area contributed by atoms with Gasteiger partial charge in [0, 0.05) is 12.7 Å². The van der Waals surface area contributed by atoms with Crippen molar-refractivity contribution in [2.75, 3.05) is 12.4 Å². The van der Waals surface area contributed by atoms with E-state index in [0.29, 0.717) is 0 Å². The van der Waals surface area contributed by atoms with Crippen LogP contribution in [0.4, 0.5) is 5.95 Å². The Morgan fingerprint density at radius 2 is 2.17 bits per heavy atom. The summed E-state index contributed by atoms with van der Waals surface area (Å²) in [5.74, 6) is 1.45. The van der Waals surface area contributed by atoms with Crippen molar-refractivity contribution in [2.45, 2.75) is 13.8 Å². The molecule has 1 aromatic heterocycles. The molecule has 12 heavy (non-hydrogen) atoms. The van der Waals surface area contributed by atoms with E-state index in [4.69, 9.17) is 0 Å². The van der Waals surface area contributed by atoms with Crippen LogP contribution in [-0.4, -0.2) is 17.0 Å². The molecule has 66 valence electrons. The highest BCUT2D eigenvalue weighted by Gasteiger charge is 2.00. The number of rotatable bonds is 3. The second-order valence-corrected chi connectivity index (χ2v) is 2.65. The summed E-state index contributed by atoms with van der Waals surface area (Å²) in [6.45, 7) is 7.66. The van der Waals surface area contributed by atoms with Crippen LogP contribution in [0.1, 0.15) is 11.4 Å². The number of H-pyrrole nitrogens is 1. The summed E-state index contributed by atoms with van der Waals surface area (Å²) in [6.07, 6.45) is 0. The van der Waals surface area contributed by atoms with E-state index in [1.54, 1.807) is 7.05 Å². The van der Waals surface area contributed by atoms with Crippen LogP contribution in [0.3, 0.4) is 0 Å². The van der Waals surface area contributed by atoms with Crippen molar-refractivity contribution in [3.05, 3.63) is 23.8 Å². The molecule has 0 saturated heterocycles. The Labute approximate surface area is 72.1 Å². The monoisotopic (exact) mass is 166 g/mol. The first-order valence-corrected chi connectivity index (χ1v) is 3.80. The van der Waals surface area contributed by atoms with Gasteiger partial charge in [0.05, 0.1) is 11.5 Å². The lowest BCUT2D eigenvalue weighted by atomic mass is 10.4. The lowest BCUT2D eigenvalue weighted by Crippen LogP contribution is -2.13. The second-order valence-electron chi connectivity index (χ2n) is 2.65. The molecule has 3 N–H and O–H groups in total. The van der Waals surface area contributed by atoms with Gasteiger partial charge in [-0.25, -0.2) is 4.98 Å². The van der Waals surface area contributed by atoms with E-state index in [1.807, 2.05) is 13.8 Å². The predicted octanol–water partition coefficient (Wildman–Crippen LogP) is 1.13. The van der Waals surface area contributed by atoms with Crippen molar-refractivity contribution in [3.8, 4) is 0 Å². The first-order valence-electron chi connectivity index (χ1n) is 3.80. The quantitative estimate of drug-likeness (QED) is 0.631. The Balaban J connectivity index is 2.70. The Morgan fingerprint density at radius 3 is 2.58 bits per heavy atom. The van der Waals surface area contributed by atoms with Crippen molar-refractivity contribution in [2.24, 2.45) is 0 Å². The van der Waals surface area contributed by atoms with E-state index in [2.05, 4.69) is 27.2 Å². The number of anilines is 1. The fraction of sp³-hybridized carbons (Fsp3) is 0.375. The SMILES string of the molecule is C=C(NC)Nc1nc(C)c(C)[nH]1. The Hall–Kier alpha value is -1.45. The van der Waals surface area contributed by atoms with Crippen molar-refractivity contribution in [1.29, 1.82) is 0 Å². The first-order chi connectivity index (χ1) is 5.63. The van der Waals surface area contributed by atoms with Gasteiger partial charge in [0.25, 0.3) is 0 Å². The van der Waals surface area contributed by atoms with E-state index in [-0.39, 0.29) is 0 Å². The zero-order valence-electron chi connectivity index (χ0n) is 7.65. The molecule has 1 aromatic rings. The van der Waals surface area contributed by atoms with Gasteiger partial charge >= 0.3 is 0 Å². The van der Waals surface area contributed by atoms with Crippen molar-refractivity contribution < 1.29 is 0 Å². The molecule has 0 aliphatic carbocycles. The molecule has 0 aliphatic rings. The van der Waals surface area contributed by atoms with Gasteiger partial charge in [0.15, 0.2) is 0 Å². The van der Waals surface area contributed by atoms with Gasteiger partial charge in [0.2, 0.25) is 5.95 Å². The number of nitrogens with one attached hydrogen (secondary N) is 3. The average molecular weight is 166 g/mol. The third-order valence-corrected chi connectivity index (χ3v) is 1.70. The van der Waals surface area contributed by atoms with E-state index in [0.717, 1.165) is 23.2 Å². The molecule has 4 nitrogen and oxygen atoms in total. The number of aromatic amines is 1. The summed E-state index contributed by atoms with van der Waals surface area (Å²) in [5, 5.41) is 5.86. The minimum Gasteiger partial charge on any atom is -0.375 e. The molecular weight excluding hydrogens is 152 g/mol. The molecule has 0 unspecified atom stereocenters. The molecule has 0 aliphatic heterocycles. The Bertz CT molecular complexity index is 268. The molecule has 0 radical (unpaired) electrons. The summed E-state index contributed by atoms with van der Waals surface area (Å²) in [5.41, 5.74) is 2.07. The Kier molecular flexibility index (Phi) is 2.38. The van der Waals surface area contributed by atoms with Crippen LogP contribution in [-0.2, 0) is 0 Å². The fourth-order valence-corrected chi connectivity index (χ4v) is 0.812. The van der Waals surface area contributed by atoms with E-state index in [9.17, 15) is 0 Å². The number of imidazole rings is 1. The maximum Gasteiger partial charge on any atom is 0.206 e. The van der Waals surface area contributed by atoms with Crippen molar-refractivity contribution in [3.63, 3.8) is 0 Å². The van der Waals surface area contributed by atoms with Crippen LogP contribution in [0.2, 0.25) is 0 Å². The van der Waals surface area contributed by atoms with Crippen LogP contribution in [0, 0.1) is 13.8 Å². The lowest BCUT2D eigenvalue weighted by molar-refractivity contribution is 0.990. The van der Waals surface area contributed by atoms with Gasteiger partial charge in [-0.2, -0.15) is 0 Å². The molecule has 1 heterocycles. The van der Waals surface area contributed by atoms with Gasteiger partial charge in [-0.05, 0) is 13.8 Å². The lowest BCUT2D eigenvalue weighted by Gasteiger charge is -2.03. The van der Waals surface area contributed by atoms with E-state index < -0.39 is 0 Å². The highest BCUT2D eigenvalue weighted by molar-refractivity contribution is 5.35. The van der Waals surface area contributed by atoms with Crippen LogP contribution in [0.25, 0.3) is 0 Å². The van der Waals surface area contributed by atoms with Crippen LogP contribution in [0.15, 0.2) is 12.4 Å². The predicted molar refractivity (Wildman–Crippen MR) is 49.9 cm³/mol. The molecule has 0 fully saturated rings. The number of hydrogen-bond acceptors (Lipinski definition) is 3. The summed E-state index contributed by atoms with van der Waals surface area (Å²) in [4.78, 5) is 7.32. The smallest absolute Gasteiger partial charge is 0.206 e. The molecular formula is C8H14N4. The van der Waals surface area contributed by atoms with Crippen molar-refractivity contribution in [1.82, 2.24) is 15.3 Å². The zero-order chi connectivity index (χ0) is 9.14. The zero-order valence-corrected chi connectivity index (χ0v) is 7.65. The third kappa shape index (κ3) is 1.78. The molecule has 0 amide bonds. The molecule has 1 rings (SSSR count). The van der Waals surface area contributed by atoms with Gasteiger partial charge in [0.1, 0.15) is 0 Å². The largest absolute Gasteiger partial charge is 0.375 e. The normalized spacial score (nSPS) is 9.58. The number of aromatic nitrogens is 2. The third-order valence-electron chi connectivity index (χ3n) is 1.70. The summed E-state index contributed by atoms with van der Waals surface area (Å²) in [7, 11) is 1.80. The van der Waals surface area contributed by atoms with E-state index in [1.165, 1.54) is 0 Å². The van der Waals surface area contributed by atoms with E-state index >= 15 is 0 Å². The maximum atomic E-state index is 4.23. The molecule has 0 spiro atoms. The standard InChI is InChI=1S/C8H14N4/c1-5-6(2)11-8(10-5)12-7(3)9-4/h9H,3H2,1-2,4H3,(H2,10,11,12). The minimum atomic E-state index is 0.726. The van der Waals surface area contributed by atoms with Gasteiger partial charge in [-0.15, -0.1) is 0 Å². The van der Waals surface area contributed by atoms with Gasteiger partial charge < -0.3 is 15.6 Å². The topological polar surface area (TPSA) is 52.7 Å². The average Bonchev–Trinajstić information content (AvgIpc) is 2.31. The summed E-state index contributed by atoms with van der Waals surface area (Å²) in [6, 6.07) is 0. The fourth-order valence-electron chi connectivity index (χ4n) is 0.812. The maximum absolute atomic E-state index is 4.23. The van der Waals surface area contributed by atoms with Crippen LogP contribution in [0.5, 0.6) is 0 Å². The Morgan fingerprint density at radius 1 is 1.50 bits per heavy atom. The molecule has 4 heteroatoms. The molecule has 0 aromatic carbocycles. The minimum absolute atomic E-state index is 0.726. The second kappa shape index (κ2) is 3.30. The number of aryl methyl sites for hydroxylation is 2. The summed E-state index contributed by atoms with van der Waals surface area (Å²) >= 11 is 0. The van der Waals surface area contributed by atoms with Crippen molar-refractivity contribution >= 4 is 5.95 Å². The van der Waals surface area contributed by atoms with Crippen LogP contribution >= 0.6 is 0 Å². The molecule has 0 atom stereocenters. The number of nitrogens with zero attached hydrogens (tertiary/aromatic N) is 1. The first kappa shape index (κ1) is 8.64. The molecule has 0 saturated carbocycles. The van der Waals surface area contributed by atoms with Gasteiger partial charge in [-0.1, -0.05) is 6.58 Å². The van der Waals surface area contributed by atoms with Crippen LogP contribution < -0.4 is 10.6 Å². The highest BCUT2D eigenvalue weighted by Crippen LogP contribution is 2.07. The number of hydrogen-bond donors (Lipinski definition) is 3. The van der Waals surface area contributed by atoms with Gasteiger partial charge in [-0.3, -0.25) is 0 Å².